The first-order valence-corrected chi connectivity index (χ1v) is 11.8. The predicted molar refractivity (Wildman–Crippen MR) is 157 cm³/mol. The minimum Gasteiger partial charge on any atom is -0.423 e. The number of anilines is 2. The van der Waals surface area contributed by atoms with Crippen molar-refractivity contribution in [2.24, 2.45) is 0 Å². The maximum atomic E-state index is 13.5. The van der Waals surface area contributed by atoms with Crippen LogP contribution in [-0.2, 0) is 4.79 Å². The van der Waals surface area contributed by atoms with E-state index in [1.807, 2.05) is 7.05 Å². The molecule has 10 nitrogen and oxygen atoms in total. The molecule has 0 aliphatic heterocycles. The van der Waals surface area contributed by atoms with Crippen LogP contribution in [0.5, 0.6) is 0 Å². The Morgan fingerprint density at radius 3 is 1.95 bits per heavy atom. The van der Waals surface area contributed by atoms with Crippen molar-refractivity contribution in [2.45, 2.75) is 0 Å². The maximum absolute atomic E-state index is 13.5. The molecular formula is C27H33B2F2KN3O7-. The molecule has 0 spiro atoms. The Morgan fingerprint density at radius 2 is 1.48 bits per heavy atom. The van der Waals surface area contributed by atoms with Crippen molar-refractivity contribution in [3.63, 3.8) is 0 Å². The van der Waals surface area contributed by atoms with Crippen LogP contribution in [0.2, 0.25) is 0 Å². The first-order valence-electron chi connectivity index (χ1n) is 11.8. The van der Waals surface area contributed by atoms with Gasteiger partial charge in [-0.2, -0.15) is 0 Å². The van der Waals surface area contributed by atoms with E-state index in [1.54, 1.807) is 31.3 Å². The molecule has 0 saturated carbocycles. The molecule has 0 unspecified atom stereocenters. The number of hydrogen-bond acceptors (Lipinski definition) is 9. The molecule has 3 aromatic carbocycles. The number of halogens is 2. The topological polar surface area (TPSA) is 159 Å². The SMILES string of the molecule is CNc1cccc(N(CC=O)C(=O)c2ccc(F)c(B(O)O)c2)c1.O=Cc1ccc(F)c(B(O)O)c1.[CH2-]CNC.[CH3-].[K+]. The van der Waals surface area contributed by atoms with E-state index in [0.717, 1.165) is 36.5 Å². The molecule has 220 valence electrons. The summed E-state index contributed by atoms with van der Waals surface area (Å²) in [7, 11) is -0.331. The van der Waals surface area contributed by atoms with Gasteiger partial charge in [-0.25, -0.2) is 8.78 Å². The zero-order chi connectivity index (χ0) is 30.2. The van der Waals surface area contributed by atoms with Gasteiger partial charge in [0.15, 0.2) is 0 Å². The van der Waals surface area contributed by atoms with Gasteiger partial charge in [-0.3, -0.25) is 9.59 Å². The summed E-state index contributed by atoms with van der Waals surface area (Å²) in [5.41, 5.74) is 0.780. The van der Waals surface area contributed by atoms with Crippen molar-refractivity contribution in [3.05, 3.63) is 97.8 Å². The Morgan fingerprint density at radius 1 is 0.929 bits per heavy atom. The number of nitrogens with zero attached hydrogens (tertiary/aromatic N) is 1. The average Bonchev–Trinajstić information content (AvgIpc) is 2.96. The zero-order valence-corrected chi connectivity index (χ0v) is 27.0. The van der Waals surface area contributed by atoms with Crippen molar-refractivity contribution < 1.29 is 94.6 Å². The quantitative estimate of drug-likeness (QED) is 0.0856. The number of amides is 1. The first kappa shape index (κ1) is 41.8. The molecule has 0 fully saturated rings. The van der Waals surface area contributed by atoms with Gasteiger partial charge in [-0.1, -0.05) is 6.07 Å². The Bertz CT molecular complexity index is 1270. The van der Waals surface area contributed by atoms with Crippen LogP contribution in [-0.4, -0.2) is 80.0 Å². The van der Waals surface area contributed by atoms with Crippen LogP contribution in [0.4, 0.5) is 20.2 Å². The minimum atomic E-state index is -2.04. The second-order valence-electron chi connectivity index (χ2n) is 7.87. The number of nitrogens with one attached hydrogen (secondary N) is 2. The first-order chi connectivity index (χ1) is 19.0. The molecular weight excluding hydrogens is 577 g/mol. The van der Waals surface area contributed by atoms with Crippen LogP contribution in [0.25, 0.3) is 0 Å². The molecule has 0 aromatic heterocycles. The van der Waals surface area contributed by atoms with Crippen LogP contribution in [0, 0.1) is 26.0 Å². The van der Waals surface area contributed by atoms with Gasteiger partial charge in [0.2, 0.25) is 0 Å². The molecule has 6 N–H and O–H groups in total. The summed E-state index contributed by atoms with van der Waals surface area (Å²) >= 11 is 0. The van der Waals surface area contributed by atoms with E-state index in [-0.39, 0.29) is 81.9 Å². The van der Waals surface area contributed by atoms with Crippen LogP contribution >= 0.6 is 0 Å². The van der Waals surface area contributed by atoms with Crippen molar-refractivity contribution in [1.29, 1.82) is 0 Å². The van der Waals surface area contributed by atoms with Gasteiger partial charge in [0.05, 0.1) is 6.54 Å². The molecule has 0 aliphatic carbocycles. The summed E-state index contributed by atoms with van der Waals surface area (Å²) in [5, 5.41) is 41.3. The third-order valence-corrected chi connectivity index (χ3v) is 5.15. The Balaban J connectivity index is 0. The van der Waals surface area contributed by atoms with E-state index >= 15 is 0 Å². The second-order valence-corrected chi connectivity index (χ2v) is 7.87. The van der Waals surface area contributed by atoms with Crippen molar-refractivity contribution in [3.8, 4) is 0 Å². The Labute approximate surface area is 287 Å². The second kappa shape index (κ2) is 22.3. The molecule has 0 radical (unpaired) electrons. The van der Waals surface area contributed by atoms with E-state index in [0.29, 0.717) is 18.3 Å². The van der Waals surface area contributed by atoms with E-state index in [2.05, 4.69) is 17.6 Å². The van der Waals surface area contributed by atoms with E-state index in [9.17, 15) is 23.2 Å². The molecule has 3 aromatic rings. The molecule has 0 atom stereocenters. The number of rotatable bonds is 9. The van der Waals surface area contributed by atoms with Gasteiger partial charge in [-0.05, 0) is 61.6 Å². The fraction of sp³-hybridized carbons (Fsp3) is 0.148. The summed E-state index contributed by atoms with van der Waals surface area (Å²) < 4.78 is 26.3. The van der Waals surface area contributed by atoms with E-state index in [4.69, 9.17) is 20.1 Å². The summed E-state index contributed by atoms with van der Waals surface area (Å²) in [6.07, 6.45) is 1.08. The van der Waals surface area contributed by atoms with Gasteiger partial charge in [0.1, 0.15) is 24.2 Å². The molecule has 0 heterocycles. The number of hydrogen-bond donors (Lipinski definition) is 6. The van der Waals surface area contributed by atoms with E-state index < -0.39 is 37.2 Å². The van der Waals surface area contributed by atoms with Gasteiger partial charge in [-0.15, -0.1) is 6.54 Å². The van der Waals surface area contributed by atoms with Crippen LogP contribution in [0.15, 0.2) is 60.7 Å². The Kier molecular flexibility index (Phi) is 22.2. The fourth-order valence-electron chi connectivity index (χ4n) is 3.07. The number of carbonyl (C=O) groups excluding carboxylic acids is 3. The number of carbonyl (C=O) groups is 3. The average molecular weight is 610 g/mol. The monoisotopic (exact) mass is 610 g/mol. The zero-order valence-electron chi connectivity index (χ0n) is 23.9. The summed E-state index contributed by atoms with van der Waals surface area (Å²) in [6.45, 7) is 4.12. The minimum absolute atomic E-state index is 0. The van der Waals surface area contributed by atoms with Gasteiger partial charge in [0.25, 0.3) is 5.91 Å². The Hall–Kier alpha value is -2.30. The fourth-order valence-corrected chi connectivity index (χ4v) is 3.07. The molecule has 42 heavy (non-hydrogen) atoms. The molecule has 0 saturated heterocycles. The van der Waals surface area contributed by atoms with Crippen LogP contribution < -0.4 is 77.8 Å². The van der Waals surface area contributed by atoms with Crippen molar-refractivity contribution in [1.82, 2.24) is 5.32 Å². The smallest absolute Gasteiger partial charge is 0.423 e. The molecule has 0 bridgehead atoms. The predicted octanol–water partition coefficient (Wildman–Crippen LogP) is -2.79. The standard InChI is InChI=1S/C16H16BFN2O4.C7H6BFO3.C3H8N.CH3.K/c1-19-12-3-2-4-13(10-12)20(7-8-21)16(22)11-5-6-15(18)14(9-11)17(23)24;9-7-2-1-5(4-10)3-6(7)8(11)12;1-3-4-2;;/h2-6,8-10,19,23-24H,7H2,1H3;1-4,11-12H;4H,1,3H2,2H3;1H3;/q;;2*-1;+1. The summed E-state index contributed by atoms with van der Waals surface area (Å²) in [6, 6.07) is 13.5. The third kappa shape index (κ3) is 13.3. The van der Waals surface area contributed by atoms with Crippen LogP contribution in [0.3, 0.4) is 0 Å². The summed E-state index contributed by atoms with van der Waals surface area (Å²) in [4.78, 5) is 35.1. The summed E-state index contributed by atoms with van der Waals surface area (Å²) in [5.74, 6) is -2.13. The molecule has 0 aliphatic rings. The largest absolute Gasteiger partial charge is 1.00 e. The maximum Gasteiger partial charge on any atom is 1.00 e. The third-order valence-electron chi connectivity index (χ3n) is 5.15. The van der Waals surface area contributed by atoms with Gasteiger partial charge >= 0.3 is 65.6 Å². The number of benzene rings is 3. The molecule has 3 rings (SSSR count). The van der Waals surface area contributed by atoms with E-state index in [1.165, 1.54) is 17.0 Å². The van der Waals surface area contributed by atoms with Gasteiger partial charge in [0, 0.05) is 40.5 Å². The van der Waals surface area contributed by atoms with Crippen molar-refractivity contribution in [2.75, 3.05) is 37.4 Å². The molecule has 1 amide bonds. The van der Waals surface area contributed by atoms with Gasteiger partial charge < -0.3 is 54.8 Å². The normalized spacial score (nSPS) is 9.26. The molecule has 15 heteroatoms. The van der Waals surface area contributed by atoms with Crippen molar-refractivity contribution >= 4 is 55.0 Å². The van der Waals surface area contributed by atoms with Crippen LogP contribution in [0.1, 0.15) is 20.7 Å². The number of aldehydes is 2.